The summed E-state index contributed by atoms with van der Waals surface area (Å²) in [6, 6.07) is 13.2. The minimum atomic E-state index is -3.81. The summed E-state index contributed by atoms with van der Waals surface area (Å²) < 4.78 is 26.3. The summed E-state index contributed by atoms with van der Waals surface area (Å²) in [6.45, 7) is 3.77. The molecule has 0 bridgehead atoms. The van der Waals surface area contributed by atoms with Crippen LogP contribution in [0.2, 0.25) is 0 Å². The molecule has 0 atom stereocenters. The van der Waals surface area contributed by atoms with Crippen LogP contribution in [-0.4, -0.2) is 14.3 Å². The van der Waals surface area contributed by atoms with Crippen LogP contribution < -0.4 is 4.72 Å². The molecule has 6 heteroatoms. The van der Waals surface area contributed by atoms with Crippen LogP contribution in [-0.2, 0) is 15.8 Å². The quantitative estimate of drug-likeness (QED) is 0.934. The lowest BCUT2D eigenvalue weighted by Gasteiger charge is -2.08. The zero-order chi connectivity index (χ0) is 17.0. The van der Waals surface area contributed by atoms with Crippen LogP contribution in [0.3, 0.4) is 0 Å². The van der Waals surface area contributed by atoms with E-state index in [2.05, 4.69) is 4.72 Å². The monoisotopic (exact) mass is 328 g/mol. The maximum Gasteiger partial charge on any atom is 0.264 e. The average molecular weight is 328 g/mol. The fraction of sp³-hybridized carbons (Fsp3) is 0.176. The molecular formula is C17H16N2O3S. The molecule has 0 unspecified atom stereocenters. The van der Waals surface area contributed by atoms with E-state index in [1.807, 2.05) is 19.9 Å². The van der Waals surface area contributed by atoms with Crippen molar-refractivity contribution >= 4 is 15.9 Å². The number of carbonyl (C=O) groups excluding carboxylic acids is 1. The van der Waals surface area contributed by atoms with Gasteiger partial charge in [0.2, 0.25) is 10.0 Å². The molecule has 0 saturated heterocycles. The van der Waals surface area contributed by atoms with Crippen molar-refractivity contribution in [2.75, 3.05) is 0 Å². The van der Waals surface area contributed by atoms with Gasteiger partial charge in [-0.15, -0.1) is 0 Å². The van der Waals surface area contributed by atoms with E-state index < -0.39 is 15.9 Å². The van der Waals surface area contributed by atoms with Crippen molar-refractivity contribution in [2.45, 2.75) is 19.6 Å². The Morgan fingerprint density at radius 1 is 1.09 bits per heavy atom. The molecule has 0 spiro atoms. The van der Waals surface area contributed by atoms with E-state index in [4.69, 9.17) is 5.26 Å². The third-order valence-electron chi connectivity index (χ3n) is 3.46. The lowest BCUT2D eigenvalue weighted by molar-refractivity contribution is 0.0981. The van der Waals surface area contributed by atoms with Crippen LogP contribution in [0.5, 0.6) is 0 Å². The summed E-state index contributed by atoms with van der Waals surface area (Å²) in [5.74, 6) is -0.975. The first-order valence-electron chi connectivity index (χ1n) is 6.92. The average Bonchev–Trinajstić information content (AvgIpc) is 2.49. The standard InChI is InChI=1S/C17H16N2O3S/c1-12-3-8-16(9-13(12)2)17(20)19-23(21,22)11-15-6-4-14(10-18)5-7-15/h3-9H,11H2,1-2H3,(H,19,20). The molecule has 5 nitrogen and oxygen atoms in total. The maximum absolute atomic E-state index is 12.1. The Hall–Kier alpha value is -2.65. The number of hydrogen-bond acceptors (Lipinski definition) is 4. The molecule has 0 aliphatic carbocycles. The highest BCUT2D eigenvalue weighted by molar-refractivity contribution is 7.89. The molecule has 23 heavy (non-hydrogen) atoms. The molecule has 2 aromatic carbocycles. The summed E-state index contributed by atoms with van der Waals surface area (Å²) in [5, 5.41) is 8.72. The number of aryl methyl sites for hydroxylation is 2. The van der Waals surface area contributed by atoms with Crippen LogP contribution in [0.1, 0.15) is 32.6 Å². The number of amides is 1. The van der Waals surface area contributed by atoms with Gasteiger partial charge in [-0.05, 0) is 54.8 Å². The molecule has 0 saturated carbocycles. The molecule has 0 heterocycles. The molecule has 2 aromatic rings. The lowest BCUT2D eigenvalue weighted by Crippen LogP contribution is -2.31. The smallest absolute Gasteiger partial charge is 0.264 e. The number of sulfonamides is 1. The fourth-order valence-corrected chi connectivity index (χ4v) is 3.12. The van der Waals surface area contributed by atoms with Crippen molar-refractivity contribution in [2.24, 2.45) is 0 Å². The minimum absolute atomic E-state index is 0.302. The van der Waals surface area contributed by atoms with Crippen LogP contribution in [0, 0.1) is 25.2 Å². The van der Waals surface area contributed by atoms with Crippen molar-refractivity contribution in [1.82, 2.24) is 4.72 Å². The van der Waals surface area contributed by atoms with Gasteiger partial charge in [0.1, 0.15) is 0 Å². The van der Waals surface area contributed by atoms with Crippen LogP contribution in [0.15, 0.2) is 42.5 Å². The number of hydrogen-bond donors (Lipinski definition) is 1. The predicted molar refractivity (Wildman–Crippen MR) is 87.2 cm³/mol. The summed E-state index contributed by atoms with van der Waals surface area (Å²) in [7, 11) is -3.81. The first kappa shape index (κ1) is 16.7. The fourth-order valence-electron chi connectivity index (χ4n) is 2.01. The van der Waals surface area contributed by atoms with Gasteiger partial charge in [-0.2, -0.15) is 5.26 Å². The Balaban J connectivity index is 2.12. The maximum atomic E-state index is 12.1. The number of nitrogens with one attached hydrogen (secondary N) is 1. The zero-order valence-electron chi connectivity index (χ0n) is 12.8. The number of carbonyl (C=O) groups is 1. The highest BCUT2D eigenvalue weighted by Crippen LogP contribution is 2.11. The third-order valence-corrected chi connectivity index (χ3v) is 4.67. The Morgan fingerprint density at radius 3 is 2.30 bits per heavy atom. The molecule has 0 fully saturated rings. The van der Waals surface area contributed by atoms with Gasteiger partial charge in [0.15, 0.2) is 0 Å². The number of nitrogens with zero attached hydrogens (tertiary/aromatic N) is 1. The van der Waals surface area contributed by atoms with Crippen molar-refractivity contribution in [3.8, 4) is 6.07 Å². The normalized spacial score (nSPS) is 10.8. The van der Waals surface area contributed by atoms with E-state index in [0.717, 1.165) is 11.1 Å². The summed E-state index contributed by atoms with van der Waals surface area (Å²) in [6.07, 6.45) is 0. The van der Waals surface area contributed by atoms with Crippen molar-refractivity contribution in [3.05, 3.63) is 70.3 Å². The van der Waals surface area contributed by atoms with Crippen molar-refractivity contribution < 1.29 is 13.2 Å². The Bertz CT molecular complexity index is 879. The second-order valence-corrected chi connectivity index (χ2v) is 7.02. The van der Waals surface area contributed by atoms with Crippen molar-refractivity contribution in [1.29, 1.82) is 5.26 Å². The molecule has 0 aromatic heterocycles. The Morgan fingerprint density at radius 2 is 1.74 bits per heavy atom. The van der Waals surface area contributed by atoms with E-state index in [-0.39, 0.29) is 5.75 Å². The van der Waals surface area contributed by atoms with Gasteiger partial charge in [0.05, 0.1) is 17.4 Å². The second kappa shape index (κ2) is 6.63. The van der Waals surface area contributed by atoms with Gasteiger partial charge < -0.3 is 0 Å². The van der Waals surface area contributed by atoms with Gasteiger partial charge in [-0.3, -0.25) is 4.79 Å². The summed E-state index contributed by atoms with van der Waals surface area (Å²) in [5.41, 5.74) is 3.20. The number of rotatable bonds is 4. The largest absolute Gasteiger partial charge is 0.268 e. The molecular weight excluding hydrogens is 312 g/mol. The Kier molecular flexibility index (Phi) is 4.82. The first-order chi connectivity index (χ1) is 10.8. The SMILES string of the molecule is Cc1ccc(C(=O)NS(=O)(=O)Cc2ccc(C#N)cc2)cc1C. The summed E-state index contributed by atoms with van der Waals surface area (Å²) >= 11 is 0. The van der Waals surface area contributed by atoms with Crippen molar-refractivity contribution in [3.63, 3.8) is 0 Å². The van der Waals surface area contributed by atoms with Crippen LogP contribution in [0.4, 0.5) is 0 Å². The van der Waals surface area contributed by atoms with E-state index in [1.165, 1.54) is 12.1 Å². The van der Waals surface area contributed by atoms with Gasteiger partial charge in [-0.1, -0.05) is 18.2 Å². The minimum Gasteiger partial charge on any atom is -0.268 e. The molecule has 2 rings (SSSR count). The summed E-state index contributed by atoms with van der Waals surface area (Å²) in [4.78, 5) is 12.1. The van der Waals surface area contributed by atoms with E-state index in [9.17, 15) is 13.2 Å². The number of nitriles is 1. The predicted octanol–water partition coefficient (Wildman–Crippen LogP) is 2.43. The second-order valence-electron chi connectivity index (χ2n) is 5.30. The first-order valence-corrected chi connectivity index (χ1v) is 8.57. The van der Waals surface area contributed by atoms with Gasteiger partial charge >= 0.3 is 0 Å². The molecule has 0 aliphatic rings. The molecule has 0 radical (unpaired) electrons. The highest BCUT2D eigenvalue weighted by atomic mass is 32.2. The topological polar surface area (TPSA) is 87.0 Å². The van der Waals surface area contributed by atoms with E-state index in [0.29, 0.717) is 16.7 Å². The van der Waals surface area contributed by atoms with Crippen LogP contribution >= 0.6 is 0 Å². The highest BCUT2D eigenvalue weighted by Gasteiger charge is 2.17. The van der Waals surface area contributed by atoms with Gasteiger partial charge in [0, 0.05) is 5.56 Å². The molecule has 118 valence electrons. The van der Waals surface area contributed by atoms with E-state index >= 15 is 0 Å². The number of benzene rings is 2. The van der Waals surface area contributed by atoms with Gasteiger partial charge in [0.25, 0.3) is 5.91 Å². The van der Waals surface area contributed by atoms with Gasteiger partial charge in [-0.25, -0.2) is 13.1 Å². The van der Waals surface area contributed by atoms with Crippen LogP contribution in [0.25, 0.3) is 0 Å². The Labute approximate surface area is 135 Å². The molecule has 1 amide bonds. The van der Waals surface area contributed by atoms with E-state index in [1.54, 1.807) is 30.3 Å². The third kappa shape index (κ3) is 4.41. The zero-order valence-corrected chi connectivity index (χ0v) is 13.6. The lowest BCUT2D eigenvalue weighted by atomic mass is 10.1. The molecule has 0 aliphatic heterocycles. The molecule has 1 N–H and O–H groups in total.